The number of pyridine rings is 1. The smallest absolute Gasteiger partial charge is 0.248 e. The van der Waals surface area contributed by atoms with Crippen molar-refractivity contribution in [2.24, 2.45) is 0 Å². The highest BCUT2D eigenvalue weighted by atomic mass is 19.1. The highest BCUT2D eigenvalue weighted by Gasteiger charge is 1.97. The Kier molecular flexibility index (Phi) is 3.81. The van der Waals surface area contributed by atoms with Crippen LogP contribution in [0.1, 0.15) is 5.56 Å². The van der Waals surface area contributed by atoms with E-state index in [1.54, 1.807) is 42.7 Å². The number of benzene rings is 1. The lowest BCUT2D eigenvalue weighted by molar-refractivity contribution is -0.111. The molecule has 18 heavy (non-hydrogen) atoms. The van der Waals surface area contributed by atoms with Gasteiger partial charge in [-0.05, 0) is 35.9 Å². The summed E-state index contributed by atoms with van der Waals surface area (Å²) in [6.07, 6.45) is 6.19. The molecule has 0 atom stereocenters. The Balaban J connectivity index is 1.97. The number of aromatic nitrogens is 1. The van der Waals surface area contributed by atoms with Gasteiger partial charge in [0.25, 0.3) is 0 Å². The Labute approximate surface area is 104 Å². The molecule has 3 nitrogen and oxygen atoms in total. The number of nitrogens with zero attached hydrogens (tertiary/aromatic N) is 1. The Morgan fingerprint density at radius 3 is 2.67 bits per heavy atom. The minimum absolute atomic E-state index is 0.257. The minimum atomic E-state index is -0.299. The van der Waals surface area contributed by atoms with Crippen LogP contribution in [-0.4, -0.2) is 10.9 Å². The van der Waals surface area contributed by atoms with Gasteiger partial charge in [0.05, 0.1) is 11.9 Å². The predicted octanol–water partition coefficient (Wildman–Crippen LogP) is 2.87. The summed E-state index contributed by atoms with van der Waals surface area (Å²) in [7, 11) is 0. The van der Waals surface area contributed by atoms with Gasteiger partial charge in [-0.25, -0.2) is 4.39 Å². The number of amides is 1. The summed E-state index contributed by atoms with van der Waals surface area (Å²) < 4.78 is 12.7. The van der Waals surface area contributed by atoms with Crippen LogP contribution in [0.2, 0.25) is 0 Å². The highest BCUT2D eigenvalue weighted by molar-refractivity contribution is 6.01. The number of carbonyl (C=O) groups excluding carboxylic acids is 1. The van der Waals surface area contributed by atoms with Crippen molar-refractivity contribution in [1.29, 1.82) is 0 Å². The summed E-state index contributed by atoms with van der Waals surface area (Å²) in [5.74, 6) is -0.556. The van der Waals surface area contributed by atoms with E-state index in [9.17, 15) is 9.18 Å². The molecule has 1 amide bonds. The van der Waals surface area contributed by atoms with E-state index < -0.39 is 0 Å². The van der Waals surface area contributed by atoms with Crippen molar-refractivity contribution in [2.75, 3.05) is 5.32 Å². The van der Waals surface area contributed by atoms with Crippen LogP contribution in [0.5, 0.6) is 0 Å². The zero-order valence-corrected chi connectivity index (χ0v) is 9.51. The Bertz CT molecular complexity index is 550. The Morgan fingerprint density at radius 2 is 2.00 bits per heavy atom. The molecule has 0 radical (unpaired) electrons. The average molecular weight is 242 g/mol. The first-order valence-corrected chi connectivity index (χ1v) is 5.39. The van der Waals surface area contributed by atoms with E-state index >= 15 is 0 Å². The van der Waals surface area contributed by atoms with Crippen LogP contribution in [0.4, 0.5) is 10.1 Å². The van der Waals surface area contributed by atoms with Gasteiger partial charge in [0.1, 0.15) is 5.82 Å². The van der Waals surface area contributed by atoms with E-state index in [1.807, 2.05) is 0 Å². The number of anilines is 1. The number of nitrogens with one attached hydrogen (secondary N) is 1. The monoisotopic (exact) mass is 242 g/mol. The van der Waals surface area contributed by atoms with E-state index in [4.69, 9.17) is 0 Å². The molecule has 2 rings (SSSR count). The SMILES string of the molecule is O=C(/C=C/c1ccc(F)cc1)Nc1cccnc1. The molecule has 0 saturated heterocycles. The molecule has 1 aromatic carbocycles. The molecule has 1 aromatic heterocycles. The van der Waals surface area contributed by atoms with Crippen molar-refractivity contribution in [3.8, 4) is 0 Å². The molecule has 0 unspecified atom stereocenters. The molecule has 0 aliphatic rings. The third-order valence-electron chi connectivity index (χ3n) is 2.23. The first-order valence-electron chi connectivity index (χ1n) is 5.39. The van der Waals surface area contributed by atoms with E-state index in [0.717, 1.165) is 5.56 Å². The highest BCUT2D eigenvalue weighted by Crippen LogP contribution is 2.06. The molecule has 0 fully saturated rings. The number of halogens is 1. The molecular weight excluding hydrogens is 231 g/mol. The summed E-state index contributed by atoms with van der Waals surface area (Å²) in [5.41, 5.74) is 1.39. The van der Waals surface area contributed by atoms with Gasteiger partial charge in [0.2, 0.25) is 5.91 Å². The van der Waals surface area contributed by atoms with Gasteiger partial charge in [-0.15, -0.1) is 0 Å². The van der Waals surface area contributed by atoms with Crippen LogP contribution in [-0.2, 0) is 4.79 Å². The molecule has 4 heteroatoms. The molecule has 0 aliphatic heterocycles. The second-order valence-corrected chi connectivity index (χ2v) is 3.62. The lowest BCUT2D eigenvalue weighted by Crippen LogP contribution is -2.07. The van der Waals surface area contributed by atoms with Crippen molar-refractivity contribution in [3.05, 3.63) is 66.2 Å². The van der Waals surface area contributed by atoms with Gasteiger partial charge in [0, 0.05) is 12.3 Å². The van der Waals surface area contributed by atoms with Crippen LogP contribution in [0.3, 0.4) is 0 Å². The second-order valence-electron chi connectivity index (χ2n) is 3.62. The van der Waals surface area contributed by atoms with Crippen LogP contribution in [0.15, 0.2) is 54.9 Å². The lowest BCUT2D eigenvalue weighted by atomic mass is 10.2. The topological polar surface area (TPSA) is 42.0 Å². The third kappa shape index (κ3) is 3.52. The van der Waals surface area contributed by atoms with Crippen molar-refractivity contribution in [1.82, 2.24) is 4.98 Å². The molecule has 1 N–H and O–H groups in total. The number of hydrogen-bond donors (Lipinski definition) is 1. The van der Waals surface area contributed by atoms with Crippen molar-refractivity contribution >= 4 is 17.7 Å². The zero-order chi connectivity index (χ0) is 12.8. The molecule has 1 heterocycles. The summed E-state index contributed by atoms with van der Waals surface area (Å²) in [4.78, 5) is 15.4. The van der Waals surface area contributed by atoms with Crippen molar-refractivity contribution in [2.45, 2.75) is 0 Å². The molecule has 0 aliphatic carbocycles. The first kappa shape index (κ1) is 12.0. The minimum Gasteiger partial charge on any atom is -0.321 e. The Hall–Kier alpha value is -2.49. The van der Waals surface area contributed by atoms with Crippen LogP contribution in [0, 0.1) is 5.82 Å². The summed E-state index contributed by atoms with van der Waals surface area (Å²) in [6.45, 7) is 0. The summed E-state index contributed by atoms with van der Waals surface area (Å²) in [5, 5.41) is 2.66. The Morgan fingerprint density at radius 1 is 1.22 bits per heavy atom. The van der Waals surface area contributed by atoms with Gasteiger partial charge in [-0.2, -0.15) is 0 Å². The molecule has 0 saturated carbocycles. The van der Waals surface area contributed by atoms with Crippen molar-refractivity contribution < 1.29 is 9.18 Å². The fourth-order valence-electron chi connectivity index (χ4n) is 1.37. The van der Waals surface area contributed by atoms with Gasteiger partial charge in [-0.1, -0.05) is 12.1 Å². The quantitative estimate of drug-likeness (QED) is 0.841. The van der Waals surface area contributed by atoms with Crippen LogP contribution < -0.4 is 5.32 Å². The molecular formula is C14H11FN2O. The van der Waals surface area contributed by atoms with E-state index in [0.29, 0.717) is 5.69 Å². The van der Waals surface area contributed by atoms with Crippen LogP contribution >= 0.6 is 0 Å². The maximum atomic E-state index is 12.7. The molecule has 2 aromatic rings. The van der Waals surface area contributed by atoms with Gasteiger partial charge >= 0.3 is 0 Å². The molecule has 0 bridgehead atoms. The number of hydrogen-bond acceptors (Lipinski definition) is 2. The molecule has 0 spiro atoms. The fourth-order valence-corrected chi connectivity index (χ4v) is 1.37. The van der Waals surface area contributed by atoms with E-state index in [2.05, 4.69) is 10.3 Å². The summed E-state index contributed by atoms with van der Waals surface area (Å²) >= 11 is 0. The van der Waals surface area contributed by atoms with Gasteiger partial charge in [-0.3, -0.25) is 9.78 Å². The van der Waals surface area contributed by atoms with Crippen molar-refractivity contribution in [3.63, 3.8) is 0 Å². The molecule has 90 valence electrons. The first-order chi connectivity index (χ1) is 8.74. The average Bonchev–Trinajstić information content (AvgIpc) is 2.39. The largest absolute Gasteiger partial charge is 0.321 e. The fraction of sp³-hybridized carbons (Fsp3) is 0. The standard InChI is InChI=1S/C14H11FN2O/c15-12-6-3-11(4-7-12)5-8-14(18)17-13-2-1-9-16-10-13/h1-10H,(H,17,18)/b8-5+. The second kappa shape index (κ2) is 5.72. The van der Waals surface area contributed by atoms with Crippen LogP contribution in [0.25, 0.3) is 6.08 Å². The zero-order valence-electron chi connectivity index (χ0n) is 9.51. The van der Waals surface area contributed by atoms with Gasteiger partial charge < -0.3 is 5.32 Å². The maximum Gasteiger partial charge on any atom is 0.248 e. The number of carbonyl (C=O) groups is 1. The summed E-state index contributed by atoms with van der Waals surface area (Å²) in [6, 6.07) is 9.37. The third-order valence-corrected chi connectivity index (χ3v) is 2.23. The number of rotatable bonds is 3. The van der Waals surface area contributed by atoms with E-state index in [-0.39, 0.29) is 11.7 Å². The lowest BCUT2D eigenvalue weighted by Gasteiger charge is -1.99. The normalized spacial score (nSPS) is 10.5. The van der Waals surface area contributed by atoms with E-state index in [1.165, 1.54) is 18.2 Å². The maximum absolute atomic E-state index is 12.7. The predicted molar refractivity (Wildman–Crippen MR) is 68.3 cm³/mol. The van der Waals surface area contributed by atoms with Gasteiger partial charge in [0.15, 0.2) is 0 Å².